The fourth-order valence-electron chi connectivity index (χ4n) is 1.27. The average Bonchev–Trinajstić information content (AvgIpc) is 2.75. The predicted octanol–water partition coefficient (Wildman–Crippen LogP) is 3.34. The van der Waals surface area contributed by atoms with Gasteiger partial charge in [0.1, 0.15) is 5.03 Å². The van der Waals surface area contributed by atoms with E-state index in [1.165, 1.54) is 17.4 Å². The van der Waals surface area contributed by atoms with Gasteiger partial charge in [-0.2, -0.15) is 13.2 Å². The van der Waals surface area contributed by atoms with Crippen molar-refractivity contribution in [3.8, 4) is 0 Å². The van der Waals surface area contributed by atoms with E-state index in [9.17, 15) is 18.0 Å². The van der Waals surface area contributed by atoms with E-state index in [0.29, 0.717) is 15.1 Å². The number of thiazole rings is 1. The van der Waals surface area contributed by atoms with Gasteiger partial charge in [0.15, 0.2) is 4.34 Å². The van der Waals surface area contributed by atoms with Crippen LogP contribution in [-0.2, 0) is 17.4 Å². The Labute approximate surface area is 119 Å². The third-order valence-corrected chi connectivity index (χ3v) is 4.06. The zero-order valence-electron chi connectivity index (χ0n) is 9.72. The molecule has 0 saturated carbocycles. The lowest BCUT2D eigenvalue weighted by atomic mass is 10.3. The van der Waals surface area contributed by atoms with E-state index < -0.39 is 17.7 Å². The van der Waals surface area contributed by atoms with Crippen molar-refractivity contribution in [1.82, 2.24) is 9.97 Å². The summed E-state index contributed by atoms with van der Waals surface area (Å²) in [5, 5.41) is 10.6. The van der Waals surface area contributed by atoms with Gasteiger partial charge in [-0.15, -0.1) is 11.3 Å². The molecule has 0 fully saturated rings. The van der Waals surface area contributed by atoms with E-state index in [4.69, 9.17) is 5.11 Å². The van der Waals surface area contributed by atoms with Crippen LogP contribution in [0.3, 0.4) is 0 Å². The molecule has 0 aliphatic heterocycles. The van der Waals surface area contributed by atoms with E-state index in [0.717, 1.165) is 24.0 Å². The fraction of sp³-hybridized carbons (Fsp3) is 0.182. The molecule has 0 atom stereocenters. The van der Waals surface area contributed by atoms with E-state index in [-0.39, 0.29) is 6.42 Å². The molecule has 0 amide bonds. The van der Waals surface area contributed by atoms with Gasteiger partial charge in [-0.05, 0) is 23.9 Å². The molecular formula is C11H7F3N2O2S2. The monoisotopic (exact) mass is 320 g/mol. The van der Waals surface area contributed by atoms with Crippen molar-refractivity contribution in [3.63, 3.8) is 0 Å². The van der Waals surface area contributed by atoms with Crippen LogP contribution < -0.4 is 0 Å². The quantitative estimate of drug-likeness (QED) is 0.936. The Morgan fingerprint density at radius 3 is 2.70 bits per heavy atom. The number of aliphatic carboxylic acids is 1. The standard InChI is InChI=1S/C11H7F3N2O2S2/c12-11(13,14)6-1-2-8(15-4-6)20-10-16-7(5-19-10)3-9(17)18/h1-2,4-5H,3H2,(H,17,18). The number of halogens is 3. The van der Waals surface area contributed by atoms with Crippen molar-refractivity contribution in [3.05, 3.63) is 35.0 Å². The molecule has 0 radical (unpaired) electrons. The maximum Gasteiger partial charge on any atom is 0.417 e. The summed E-state index contributed by atoms with van der Waals surface area (Å²) in [4.78, 5) is 18.3. The van der Waals surface area contributed by atoms with Gasteiger partial charge < -0.3 is 5.11 Å². The van der Waals surface area contributed by atoms with Crippen LogP contribution in [0.1, 0.15) is 11.3 Å². The van der Waals surface area contributed by atoms with E-state index in [1.807, 2.05) is 0 Å². The summed E-state index contributed by atoms with van der Waals surface area (Å²) < 4.78 is 37.6. The van der Waals surface area contributed by atoms with Crippen LogP contribution >= 0.6 is 23.1 Å². The Bertz CT molecular complexity index is 611. The van der Waals surface area contributed by atoms with E-state index >= 15 is 0 Å². The molecule has 1 N–H and O–H groups in total. The first-order valence-corrected chi connectivity index (χ1v) is 6.91. The van der Waals surface area contributed by atoms with E-state index in [2.05, 4.69) is 9.97 Å². The molecule has 20 heavy (non-hydrogen) atoms. The zero-order valence-corrected chi connectivity index (χ0v) is 11.3. The van der Waals surface area contributed by atoms with Gasteiger partial charge in [-0.1, -0.05) is 0 Å². The number of hydrogen-bond acceptors (Lipinski definition) is 5. The SMILES string of the molecule is O=C(O)Cc1csc(Sc2ccc(C(F)(F)F)cn2)n1. The van der Waals surface area contributed by atoms with Crippen molar-refractivity contribution in [2.24, 2.45) is 0 Å². The highest BCUT2D eigenvalue weighted by Crippen LogP contribution is 2.32. The number of pyridine rings is 1. The maximum atomic E-state index is 12.4. The number of carbonyl (C=O) groups is 1. The highest BCUT2D eigenvalue weighted by molar-refractivity contribution is 8.01. The second-order valence-corrected chi connectivity index (χ2v) is 5.79. The molecule has 0 unspecified atom stereocenters. The summed E-state index contributed by atoms with van der Waals surface area (Å²) >= 11 is 2.31. The number of rotatable bonds is 4. The Hall–Kier alpha value is -1.61. The second-order valence-electron chi connectivity index (χ2n) is 3.66. The van der Waals surface area contributed by atoms with Gasteiger partial charge in [-0.3, -0.25) is 4.79 Å². The summed E-state index contributed by atoms with van der Waals surface area (Å²) in [5.74, 6) is -0.987. The summed E-state index contributed by atoms with van der Waals surface area (Å²) in [6.45, 7) is 0. The summed E-state index contributed by atoms with van der Waals surface area (Å²) in [5.41, 5.74) is -0.399. The number of hydrogen-bond donors (Lipinski definition) is 1. The molecule has 0 spiro atoms. The van der Waals surface area contributed by atoms with Gasteiger partial charge >= 0.3 is 12.1 Å². The van der Waals surface area contributed by atoms with Crippen molar-refractivity contribution >= 4 is 29.1 Å². The molecule has 0 aromatic carbocycles. The number of aromatic nitrogens is 2. The Kier molecular flexibility index (Phi) is 4.29. The molecule has 0 aliphatic rings. The van der Waals surface area contributed by atoms with Crippen LogP contribution in [0.15, 0.2) is 33.1 Å². The normalized spacial score (nSPS) is 11.6. The molecule has 2 rings (SSSR count). The van der Waals surface area contributed by atoms with Gasteiger partial charge in [0.2, 0.25) is 0 Å². The van der Waals surface area contributed by atoms with Crippen LogP contribution in [0.25, 0.3) is 0 Å². The lowest BCUT2D eigenvalue weighted by Crippen LogP contribution is -2.05. The predicted molar refractivity (Wildman–Crippen MR) is 66.8 cm³/mol. The molecule has 2 aromatic rings. The first kappa shape index (κ1) is 14.8. The number of carboxylic acid groups (broad SMARTS) is 1. The van der Waals surface area contributed by atoms with Gasteiger partial charge in [-0.25, -0.2) is 9.97 Å². The minimum Gasteiger partial charge on any atom is -0.481 e. The smallest absolute Gasteiger partial charge is 0.417 e. The fourth-order valence-corrected chi connectivity index (χ4v) is 2.99. The number of nitrogens with zero attached hydrogens (tertiary/aromatic N) is 2. The van der Waals surface area contributed by atoms with Crippen LogP contribution in [0.5, 0.6) is 0 Å². The Morgan fingerprint density at radius 1 is 1.40 bits per heavy atom. The maximum absolute atomic E-state index is 12.4. The summed E-state index contributed by atoms with van der Waals surface area (Å²) in [6, 6.07) is 2.20. The van der Waals surface area contributed by atoms with Gasteiger partial charge in [0.25, 0.3) is 0 Å². The molecule has 9 heteroatoms. The zero-order chi connectivity index (χ0) is 14.8. The lowest BCUT2D eigenvalue weighted by Gasteiger charge is -2.05. The molecular weight excluding hydrogens is 313 g/mol. The van der Waals surface area contributed by atoms with Crippen LogP contribution in [0.4, 0.5) is 13.2 Å². The van der Waals surface area contributed by atoms with Crippen LogP contribution in [0.2, 0.25) is 0 Å². The lowest BCUT2D eigenvalue weighted by molar-refractivity contribution is -0.138. The van der Waals surface area contributed by atoms with E-state index in [1.54, 1.807) is 5.38 Å². The summed E-state index contributed by atoms with van der Waals surface area (Å²) in [7, 11) is 0. The second kappa shape index (κ2) is 5.80. The first-order valence-electron chi connectivity index (χ1n) is 5.22. The minimum atomic E-state index is -4.41. The number of carboxylic acids is 1. The molecule has 4 nitrogen and oxygen atoms in total. The minimum absolute atomic E-state index is 0.183. The van der Waals surface area contributed by atoms with Crippen molar-refractivity contribution in [1.29, 1.82) is 0 Å². The van der Waals surface area contributed by atoms with Crippen LogP contribution in [0, 0.1) is 0 Å². The van der Waals surface area contributed by atoms with Crippen LogP contribution in [-0.4, -0.2) is 21.0 Å². The first-order chi connectivity index (χ1) is 9.34. The Morgan fingerprint density at radius 2 is 2.15 bits per heavy atom. The highest BCUT2D eigenvalue weighted by Gasteiger charge is 2.30. The van der Waals surface area contributed by atoms with Gasteiger partial charge in [0, 0.05) is 11.6 Å². The molecule has 0 aliphatic carbocycles. The molecule has 106 valence electrons. The highest BCUT2D eigenvalue weighted by atomic mass is 32.2. The molecule has 0 saturated heterocycles. The van der Waals surface area contributed by atoms with Crippen molar-refractivity contribution < 1.29 is 23.1 Å². The molecule has 2 aromatic heterocycles. The third kappa shape index (κ3) is 3.94. The largest absolute Gasteiger partial charge is 0.481 e. The molecule has 0 bridgehead atoms. The summed E-state index contributed by atoms with van der Waals surface area (Å²) in [6.07, 6.45) is -3.84. The Balaban J connectivity index is 2.06. The average molecular weight is 320 g/mol. The topological polar surface area (TPSA) is 63.1 Å². The van der Waals surface area contributed by atoms with Crippen molar-refractivity contribution in [2.75, 3.05) is 0 Å². The molecule has 2 heterocycles. The van der Waals surface area contributed by atoms with Crippen molar-refractivity contribution in [2.45, 2.75) is 22.0 Å². The number of alkyl halides is 3. The third-order valence-electron chi connectivity index (χ3n) is 2.12. The van der Waals surface area contributed by atoms with Gasteiger partial charge in [0.05, 0.1) is 17.7 Å².